The van der Waals surface area contributed by atoms with E-state index in [0.717, 1.165) is 0 Å². The van der Waals surface area contributed by atoms with Crippen molar-refractivity contribution in [2.75, 3.05) is 23.9 Å². The first-order valence-corrected chi connectivity index (χ1v) is 10.7. The molecule has 0 radical (unpaired) electrons. The summed E-state index contributed by atoms with van der Waals surface area (Å²) < 4.78 is 6.56. The smallest absolute Gasteiger partial charge is 0.255 e. The summed E-state index contributed by atoms with van der Waals surface area (Å²) in [4.78, 5) is 46.8. The van der Waals surface area contributed by atoms with Crippen LogP contribution >= 0.6 is 0 Å². The zero-order valence-electron chi connectivity index (χ0n) is 19.0. The number of carbonyl (C=O) groups is 2. The fourth-order valence-electron chi connectivity index (χ4n) is 3.99. The molecule has 172 valence electrons. The van der Waals surface area contributed by atoms with Crippen molar-refractivity contribution < 1.29 is 14.3 Å². The third kappa shape index (κ3) is 4.36. The van der Waals surface area contributed by atoms with Crippen LogP contribution in [0, 0.1) is 19.8 Å². The fourth-order valence-corrected chi connectivity index (χ4v) is 3.99. The zero-order chi connectivity index (χ0) is 23.7. The van der Waals surface area contributed by atoms with Gasteiger partial charge in [-0.1, -0.05) is 6.92 Å². The Hall–Kier alpha value is -3.95. The van der Waals surface area contributed by atoms with Gasteiger partial charge >= 0.3 is 0 Å². The van der Waals surface area contributed by atoms with Gasteiger partial charge in [0.2, 0.25) is 17.8 Å². The van der Waals surface area contributed by atoms with Crippen molar-refractivity contribution in [2.45, 2.75) is 33.6 Å². The Bertz CT molecular complexity index is 1260. The molecule has 1 fully saturated rings. The number of nitrogens with one attached hydrogen (secondary N) is 2. The molecule has 1 saturated heterocycles. The summed E-state index contributed by atoms with van der Waals surface area (Å²) in [5.41, 5.74) is 2.34. The van der Waals surface area contributed by atoms with E-state index >= 15 is 0 Å². The maximum absolute atomic E-state index is 13.0. The van der Waals surface area contributed by atoms with E-state index in [-0.39, 0.29) is 36.3 Å². The normalized spacial score (nSPS) is 15.7. The number of benzene rings is 1. The highest BCUT2D eigenvalue weighted by atomic mass is 16.5. The highest BCUT2D eigenvalue weighted by molar-refractivity contribution is 6.03. The third-order valence-electron chi connectivity index (χ3n) is 5.73. The number of ether oxygens (including phenoxy) is 1. The van der Waals surface area contributed by atoms with Gasteiger partial charge in [0, 0.05) is 36.0 Å². The Morgan fingerprint density at radius 3 is 2.61 bits per heavy atom. The van der Waals surface area contributed by atoms with Gasteiger partial charge in [0.15, 0.2) is 0 Å². The van der Waals surface area contributed by atoms with Crippen LogP contribution < -0.4 is 20.5 Å². The maximum atomic E-state index is 13.0. The van der Waals surface area contributed by atoms with Gasteiger partial charge in [-0.2, -0.15) is 9.78 Å². The Balaban J connectivity index is 1.54. The molecule has 0 saturated carbocycles. The molecule has 33 heavy (non-hydrogen) atoms. The lowest BCUT2D eigenvalue weighted by Gasteiger charge is -2.17. The van der Waals surface area contributed by atoms with Crippen LogP contribution in [-0.4, -0.2) is 45.2 Å². The van der Waals surface area contributed by atoms with Crippen LogP contribution in [0.15, 0.2) is 35.1 Å². The molecule has 2 amide bonds. The molecule has 10 heteroatoms. The van der Waals surface area contributed by atoms with Crippen LogP contribution in [0.3, 0.4) is 0 Å². The second-order valence-electron chi connectivity index (χ2n) is 7.98. The number of aromatic nitrogens is 4. The van der Waals surface area contributed by atoms with E-state index in [0.29, 0.717) is 40.6 Å². The predicted molar refractivity (Wildman–Crippen MR) is 123 cm³/mol. The van der Waals surface area contributed by atoms with Crippen LogP contribution in [0.2, 0.25) is 0 Å². The summed E-state index contributed by atoms with van der Waals surface area (Å²) in [6, 6.07) is 8.83. The summed E-state index contributed by atoms with van der Waals surface area (Å²) in [6.45, 7) is 5.70. The van der Waals surface area contributed by atoms with Gasteiger partial charge in [-0.3, -0.25) is 19.4 Å². The topological polar surface area (TPSA) is 122 Å². The molecule has 0 aliphatic carbocycles. The predicted octanol–water partition coefficient (Wildman–Crippen LogP) is 2.14. The molecule has 1 aliphatic rings. The minimum absolute atomic E-state index is 0.102. The number of hydrogen-bond acceptors (Lipinski definition) is 6. The minimum Gasteiger partial charge on any atom is -0.497 e. The van der Waals surface area contributed by atoms with Gasteiger partial charge in [0.1, 0.15) is 11.6 Å². The number of methoxy groups -OCH3 is 1. The van der Waals surface area contributed by atoms with E-state index < -0.39 is 5.92 Å². The van der Waals surface area contributed by atoms with E-state index in [1.165, 1.54) is 4.68 Å². The Morgan fingerprint density at radius 2 is 1.97 bits per heavy atom. The molecule has 1 aliphatic heterocycles. The van der Waals surface area contributed by atoms with E-state index in [1.54, 1.807) is 56.2 Å². The molecule has 2 aromatic heterocycles. The van der Waals surface area contributed by atoms with Gasteiger partial charge in [0.05, 0.1) is 18.7 Å². The summed E-state index contributed by atoms with van der Waals surface area (Å²) >= 11 is 0. The maximum Gasteiger partial charge on any atom is 0.255 e. The van der Waals surface area contributed by atoms with Crippen LogP contribution in [0.1, 0.15) is 30.3 Å². The lowest BCUT2D eigenvalue weighted by Crippen LogP contribution is -2.29. The summed E-state index contributed by atoms with van der Waals surface area (Å²) in [5, 5.41) is 7.22. The second-order valence-corrected chi connectivity index (χ2v) is 7.98. The van der Waals surface area contributed by atoms with Crippen molar-refractivity contribution in [1.82, 2.24) is 19.7 Å². The first-order valence-electron chi connectivity index (χ1n) is 10.7. The summed E-state index contributed by atoms with van der Waals surface area (Å²) in [7, 11) is 1.58. The molecule has 1 atom stereocenters. The van der Waals surface area contributed by atoms with Crippen LogP contribution in [0.5, 0.6) is 5.75 Å². The third-order valence-corrected chi connectivity index (χ3v) is 5.73. The number of anilines is 2. The lowest BCUT2D eigenvalue weighted by atomic mass is 10.1. The SMILES string of the molecule is CCc1c(C)nc(-n2nc(C)cc2NC(=O)C2CC(=O)N(c3ccc(OC)cc3)C2)[nH]c1=O. The second kappa shape index (κ2) is 8.89. The largest absolute Gasteiger partial charge is 0.497 e. The monoisotopic (exact) mass is 450 g/mol. The van der Waals surface area contributed by atoms with Gasteiger partial charge in [-0.05, 0) is 44.5 Å². The molecular formula is C23H26N6O4. The van der Waals surface area contributed by atoms with Crippen molar-refractivity contribution in [3.8, 4) is 11.7 Å². The molecule has 3 heterocycles. The van der Waals surface area contributed by atoms with Crippen LogP contribution in [0.25, 0.3) is 5.95 Å². The number of nitrogens with zero attached hydrogens (tertiary/aromatic N) is 4. The summed E-state index contributed by atoms with van der Waals surface area (Å²) in [5.74, 6) is 0.336. The van der Waals surface area contributed by atoms with Crippen molar-refractivity contribution >= 4 is 23.3 Å². The number of hydrogen-bond donors (Lipinski definition) is 2. The van der Waals surface area contributed by atoms with Crippen LogP contribution in [0.4, 0.5) is 11.5 Å². The standard InChI is InChI=1S/C23H26N6O4/c1-5-18-14(3)24-23(26-22(18)32)29-19(10-13(2)27-29)25-21(31)15-11-20(30)28(12-15)16-6-8-17(33-4)9-7-16/h6-10,15H,5,11-12H2,1-4H3,(H,25,31)(H,24,26,32). The molecule has 1 aromatic carbocycles. The highest BCUT2D eigenvalue weighted by Crippen LogP contribution is 2.28. The molecule has 0 spiro atoms. The quantitative estimate of drug-likeness (QED) is 0.593. The van der Waals surface area contributed by atoms with Crippen LogP contribution in [-0.2, 0) is 16.0 Å². The first kappa shape index (κ1) is 22.3. The first-order chi connectivity index (χ1) is 15.8. The average Bonchev–Trinajstić information content (AvgIpc) is 3.36. The van der Waals surface area contributed by atoms with Crippen molar-refractivity contribution in [1.29, 1.82) is 0 Å². The molecule has 10 nitrogen and oxygen atoms in total. The van der Waals surface area contributed by atoms with E-state index in [4.69, 9.17) is 4.74 Å². The molecule has 3 aromatic rings. The zero-order valence-corrected chi connectivity index (χ0v) is 19.0. The van der Waals surface area contributed by atoms with Crippen molar-refractivity contribution in [3.63, 3.8) is 0 Å². The highest BCUT2D eigenvalue weighted by Gasteiger charge is 2.35. The Labute approximate surface area is 190 Å². The Kier molecular flexibility index (Phi) is 5.99. The molecule has 4 rings (SSSR count). The van der Waals surface area contributed by atoms with Gasteiger partial charge in [0.25, 0.3) is 5.56 Å². The number of aromatic amines is 1. The Morgan fingerprint density at radius 1 is 1.24 bits per heavy atom. The lowest BCUT2D eigenvalue weighted by molar-refractivity contribution is -0.122. The van der Waals surface area contributed by atoms with Gasteiger partial charge in [-0.25, -0.2) is 4.98 Å². The number of rotatable bonds is 6. The minimum atomic E-state index is -0.528. The van der Waals surface area contributed by atoms with Crippen molar-refractivity contribution in [2.24, 2.45) is 5.92 Å². The van der Waals surface area contributed by atoms with E-state index in [1.807, 2.05) is 6.92 Å². The van der Waals surface area contributed by atoms with E-state index in [2.05, 4.69) is 20.4 Å². The molecular weight excluding hydrogens is 424 g/mol. The number of amides is 2. The molecule has 2 N–H and O–H groups in total. The molecule has 0 bridgehead atoms. The van der Waals surface area contributed by atoms with E-state index in [9.17, 15) is 14.4 Å². The number of H-pyrrole nitrogens is 1. The average molecular weight is 450 g/mol. The summed E-state index contributed by atoms with van der Waals surface area (Å²) in [6.07, 6.45) is 0.668. The van der Waals surface area contributed by atoms with Crippen molar-refractivity contribution in [3.05, 3.63) is 57.6 Å². The number of aryl methyl sites for hydroxylation is 2. The van der Waals surface area contributed by atoms with Gasteiger partial charge < -0.3 is 15.0 Å². The fraction of sp³-hybridized carbons (Fsp3) is 0.348. The van der Waals surface area contributed by atoms with Gasteiger partial charge in [-0.15, -0.1) is 0 Å². The molecule has 1 unspecified atom stereocenters. The number of carbonyl (C=O) groups excluding carboxylic acids is 2.